The van der Waals surface area contributed by atoms with Gasteiger partial charge in [0.15, 0.2) is 0 Å². The van der Waals surface area contributed by atoms with Crippen LogP contribution in [0.2, 0.25) is 0 Å². The third-order valence-electron chi connectivity index (χ3n) is 5.15. The maximum absolute atomic E-state index is 13.2. The summed E-state index contributed by atoms with van der Waals surface area (Å²) >= 11 is 0. The number of methoxy groups -OCH3 is 1. The van der Waals surface area contributed by atoms with E-state index in [1.54, 1.807) is 13.3 Å². The minimum Gasteiger partial charge on any atom is -0.497 e. The van der Waals surface area contributed by atoms with E-state index in [1.165, 1.54) is 28.6 Å². The molecule has 156 valence electrons. The lowest BCUT2D eigenvalue weighted by atomic mass is 10.1. The van der Waals surface area contributed by atoms with Gasteiger partial charge in [0, 0.05) is 24.2 Å². The third-order valence-corrected chi connectivity index (χ3v) is 7.07. The number of hydrogen-bond acceptors (Lipinski definition) is 6. The highest BCUT2D eigenvalue weighted by molar-refractivity contribution is 7.89. The van der Waals surface area contributed by atoms with Crippen molar-refractivity contribution in [1.82, 2.24) is 14.3 Å². The first-order valence-corrected chi connectivity index (χ1v) is 10.8. The fraction of sp³-hybridized carbons (Fsp3) is 0.250. The van der Waals surface area contributed by atoms with Crippen molar-refractivity contribution in [3.63, 3.8) is 0 Å². The van der Waals surface area contributed by atoms with E-state index in [9.17, 15) is 18.5 Å². The Hall–Kier alpha value is -3.24. The first-order valence-electron chi connectivity index (χ1n) is 9.36. The van der Waals surface area contributed by atoms with Gasteiger partial charge in [0.1, 0.15) is 11.6 Å². The number of non-ortho nitro benzene ring substituents is 1. The fourth-order valence-corrected chi connectivity index (χ4v) is 5.28. The Morgan fingerprint density at radius 3 is 2.70 bits per heavy atom. The molecule has 0 bridgehead atoms. The first-order chi connectivity index (χ1) is 14.4. The van der Waals surface area contributed by atoms with Crippen LogP contribution in [0, 0.1) is 10.1 Å². The number of aromatic nitrogens is 2. The molecule has 1 atom stereocenters. The van der Waals surface area contributed by atoms with Crippen molar-refractivity contribution in [2.45, 2.75) is 23.8 Å². The number of nitrogens with zero attached hydrogens (tertiary/aromatic N) is 3. The molecular weight excluding hydrogens is 408 g/mol. The number of nitro benzene ring substituents is 1. The highest BCUT2D eigenvalue weighted by Gasteiger charge is 2.38. The van der Waals surface area contributed by atoms with Gasteiger partial charge in [-0.05, 0) is 37.1 Å². The van der Waals surface area contributed by atoms with Gasteiger partial charge in [-0.1, -0.05) is 12.1 Å². The maximum Gasteiger partial charge on any atom is 0.269 e. The lowest BCUT2D eigenvalue weighted by molar-refractivity contribution is -0.384. The van der Waals surface area contributed by atoms with Crippen LogP contribution in [-0.2, 0) is 10.0 Å². The Labute approximate surface area is 173 Å². The average molecular weight is 428 g/mol. The number of nitro groups is 1. The Balaban J connectivity index is 1.62. The van der Waals surface area contributed by atoms with Gasteiger partial charge in [0.25, 0.3) is 5.69 Å². The molecule has 0 unspecified atom stereocenters. The predicted molar refractivity (Wildman–Crippen MR) is 110 cm³/mol. The van der Waals surface area contributed by atoms with Crippen LogP contribution in [0.4, 0.5) is 5.69 Å². The Kier molecular flexibility index (Phi) is 5.27. The van der Waals surface area contributed by atoms with Crippen molar-refractivity contribution in [3.8, 4) is 17.0 Å². The summed E-state index contributed by atoms with van der Waals surface area (Å²) in [7, 11) is -2.22. The van der Waals surface area contributed by atoms with Gasteiger partial charge >= 0.3 is 0 Å². The number of rotatable bonds is 6. The van der Waals surface area contributed by atoms with Gasteiger partial charge in [-0.3, -0.25) is 10.1 Å². The first kappa shape index (κ1) is 20.0. The van der Waals surface area contributed by atoms with E-state index in [1.807, 2.05) is 24.3 Å². The molecule has 0 radical (unpaired) electrons. The number of aromatic amines is 1. The van der Waals surface area contributed by atoms with E-state index in [-0.39, 0.29) is 10.6 Å². The molecule has 2 aromatic carbocycles. The number of ether oxygens (including phenoxy) is 1. The van der Waals surface area contributed by atoms with Crippen molar-refractivity contribution >= 4 is 15.7 Å². The Bertz CT molecular complexity index is 1170. The van der Waals surface area contributed by atoms with E-state index < -0.39 is 21.0 Å². The summed E-state index contributed by atoms with van der Waals surface area (Å²) < 4.78 is 33.0. The van der Waals surface area contributed by atoms with Crippen LogP contribution >= 0.6 is 0 Å². The molecule has 30 heavy (non-hydrogen) atoms. The number of hydrogen-bond donors (Lipinski definition) is 1. The van der Waals surface area contributed by atoms with Gasteiger partial charge in [-0.2, -0.15) is 4.31 Å². The zero-order valence-corrected chi connectivity index (χ0v) is 17.0. The van der Waals surface area contributed by atoms with Crippen LogP contribution in [0.5, 0.6) is 5.75 Å². The zero-order valence-electron chi connectivity index (χ0n) is 16.2. The third kappa shape index (κ3) is 3.66. The quantitative estimate of drug-likeness (QED) is 0.474. The van der Waals surface area contributed by atoms with E-state index in [2.05, 4.69) is 9.97 Å². The van der Waals surface area contributed by atoms with Crippen molar-refractivity contribution < 1.29 is 18.1 Å². The summed E-state index contributed by atoms with van der Waals surface area (Å²) in [5.41, 5.74) is 1.50. The molecule has 1 N–H and O–H groups in total. The summed E-state index contributed by atoms with van der Waals surface area (Å²) in [5, 5.41) is 10.8. The van der Waals surface area contributed by atoms with Gasteiger partial charge < -0.3 is 9.72 Å². The maximum atomic E-state index is 13.2. The Morgan fingerprint density at radius 1 is 1.23 bits per heavy atom. The van der Waals surface area contributed by atoms with E-state index >= 15 is 0 Å². The molecule has 3 aromatic rings. The molecule has 0 aliphatic carbocycles. The molecule has 9 nitrogen and oxygen atoms in total. The van der Waals surface area contributed by atoms with Gasteiger partial charge in [0.05, 0.1) is 34.9 Å². The van der Waals surface area contributed by atoms with Crippen LogP contribution in [0.25, 0.3) is 11.3 Å². The number of benzene rings is 2. The summed E-state index contributed by atoms with van der Waals surface area (Å²) in [5.74, 6) is 1.28. The lowest BCUT2D eigenvalue weighted by Crippen LogP contribution is -2.31. The monoisotopic (exact) mass is 428 g/mol. The summed E-state index contributed by atoms with van der Waals surface area (Å²) in [6, 6.07) is 12.0. The SMILES string of the molecule is COc1cccc(-c2cnc([C@@H]3CCCN3S(=O)(=O)c3ccc([N+](=O)[O-])cc3)[nH]2)c1. The van der Waals surface area contributed by atoms with Crippen LogP contribution in [0.1, 0.15) is 24.7 Å². The lowest BCUT2D eigenvalue weighted by Gasteiger charge is -2.22. The predicted octanol–water partition coefficient (Wildman–Crippen LogP) is 3.52. The molecule has 4 rings (SSSR count). The van der Waals surface area contributed by atoms with Crippen molar-refractivity contribution in [2.24, 2.45) is 0 Å². The zero-order chi connectivity index (χ0) is 21.3. The van der Waals surface area contributed by atoms with Crippen LogP contribution in [0.15, 0.2) is 59.6 Å². The highest BCUT2D eigenvalue weighted by Crippen LogP contribution is 2.36. The molecule has 1 saturated heterocycles. The number of sulfonamides is 1. The standard InChI is InChI=1S/C20H20N4O5S/c1-29-16-5-2-4-14(12-16)18-13-21-20(22-18)19-6-3-11-23(19)30(27,28)17-9-7-15(8-10-17)24(25)26/h2,4-5,7-10,12-13,19H,3,6,11H2,1H3,(H,21,22)/t19-/m0/s1. The van der Waals surface area contributed by atoms with Gasteiger partial charge in [-0.15, -0.1) is 0 Å². The van der Waals surface area contributed by atoms with Crippen LogP contribution < -0.4 is 4.74 Å². The molecule has 2 heterocycles. The second-order valence-electron chi connectivity index (χ2n) is 6.94. The smallest absolute Gasteiger partial charge is 0.269 e. The van der Waals surface area contributed by atoms with Crippen LogP contribution in [-0.4, -0.2) is 41.3 Å². The molecule has 1 aliphatic rings. The molecule has 0 spiro atoms. The van der Waals surface area contributed by atoms with Gasteiger partial charge in [0.2, 0.25) is 10.0 Å². The summed E-state index contributed by atoms with van der Waals surface area (Å²) in [4.78, 5) is 18.0. The number of imidazole rings is 1. The molecule has 0 amide bonds. The van der Waals surface area contributed by atoms with E-state index in [0.717, 1.165) is 11.3 Å². The average Bonchev–Trinajstić information content (AvgIpc) is 3.43. The van der Waals surface area contributed by atoms with E-state index in [0.29, 0.717) is 31.0 Å². The van der Waals surface area contributed by atoms with Crippen molar-refractivity contribution in [2.75, 3.05) is 13.7 Å². The second kappa shape index (κ2) is 7.88. The molecule has 1 fully saturated rings. The minimum atomic E-state index is -3.81. The molecule has 0 saturated carbocycles. The molecule has 10 heteroatoms. The largest absolute Gasteiger partial charge is 0.497 e. The minimum absolute atomic E-state index is 0.0274. The van der Waals surface area contributed by atoms with Crippen molar-refractivity contribution in [1.29, 1.82) is 0 Å². The van der Waals surface area contributed by atoms with E-state index in [4.69, 9.17) is 4.74 Å². The second-order valence-corrected chi connectivity index (χ2v) is 8.83. The summed E-state index contributed by atoms with van der Waals surface area (Å²) in [6.07, 6.45) is 3.02. The number of nitrogens with one attached hydrogen (secondary N) is 1. The number of H-pyrrole nitrogens is 1. The normalized spacial score (nSPS) is 17.2. The highest BCUT2D eigenvalue weighted by atomic mass is 32.2. The summed E-state index contributed by atoms with van der Waals surface area (Å²) in [6.45, 7) is 0.360. The van der Waals surface area contributed by atoms with Crippen molar-refractivity contribution in [3.05, 3.63) is 70.7 Å². The fourth-order valence-electron chi connectivity index (χ4n) is 3.62. The topological polar surface area (TPSA) is 118 Å². The molecule has 1 aliphatic heterocycles. The van der Waals surface area contributed by atoms with Crippen LogP contribution in [0.3, 0.4) is 0 Å². The molecular formula is C20H20N4O5S. The molecule has 1 aromatic heterocycles. The Morgan fingerprint density at radius 2 is 2.00 bits per heavy atom. The van der Waals surface area contributed by atoms with Gasteiger partial charge in [-0.25, -0.2) is 13.4 Å².